The molecule has 5 heteroatoms. The highest BCUT2D eigenvalue weighted by atomic mass is 32.1. The summed E-state index contributed by atoms with van der Waals surface area (Å²) in [5, 5.41) is 3.93. The molecule has 0 saturated heterocycles. The van der Waals surface area contributed by atoms with Crippen LogP contribution in [0.1, 0.15) is 16.9 Å². The molecule has 100 valence electrons. The summed E-state index contributed by atoms with van der Waals surface area (Å²) in [7, 11) is 0. The molecule has 1 aliphatic rings. The van der Waals surface area contributed by atoms with Crippen molar-refractivity contribution in [1.29, 1.82) is 0 Å². The van der Waals surface area contributed by atoms with E-state index >= 15 is 0 Å². The van der Waals surface area contributed by atoms with Crippen LogP contribution in [0.15, 0.2) is 35.1 Å². The number of rotatable bonds is 2. The van der Waals surface area contributed by atoms with E-state index in [1.165, 1.54) is 23.3 Å². The summed E-state index contributed by atoms with van der Waals surface area (Å²) in [6.07, 6.45) is 7.12. The van der Waals surface area contributed by atoms with Crippen LogP contribution in [0.2, 0.25) is 0 Å². The largest absolute Gasteiger partial charge is 0.380 e. The van der Waals surface area contributed by atoms with Gasteiger partial charge in [-0.05, 0) is 37.0 Å². The Hall–Kier alpha value is -2.14. The number of nitrogens with two attached hydrogens (primary N) is 1. The number of anilines is 1. The van der Waals surface area contributed by atoms with Crippen molar-refractivity contribution in [2.75, 3.05) is 5.73 Å². The van der Waals surface area contributed by atoms with Crippen LogP contribution in [0.5, 0.6) is 0 Å². The molecule has 0 atom stereocenters. The minimum Gasteiger partial charge on any atom is -0.380 e. The summed E-state index contributed by atoms with van der Waals surface area (Å²) in [6.45, 7) is 0. The summed E-state index contributed by atoms with van der Waals surface area (Å²) >= 11 is 1.79. The van der Waals surface area contributed by atoms with Crippen LogP contribution < -0.4 is 5.73 Å². The third-order valence-corrected chi connectivity index (χ3v) is 4.87. The maximum Gasteiger partial charge on any atom is 0.186 e. The van der Waals surface area contributed by atoms with Crippen molar-refractivity contribution in [2.45, 2.75) is 19.3 Å². The highest BCUT2D eigenvalue weighted by Crippen LogP contribution is 2.42. The Kier molecular flexibility index (Phi) is 2.60. The Morgan fingerprint density at radius 3 is 3.05 bits per heavy atom. The summed E-state index contributed by atoms with van der Waals surface area (Å²) in [5.41, 5.74) is 9.20. The van der Waals surface area contributed by atoms with Gasteiger partial charge in [-0.25, -0.2) is 0 Å². The quantitative estimate of drug-likeness (QED) is 0.781. The van der Waals surface area contributed by atoms with Crippen molar-refractivity contribution >= 4 is 17.2 Å². The molecule has 4 nitrogen and oxygen atoms in total. The smallest absolute Gasteiger partial charge is 0.186 e. The molecule has 0 aliphatic heterocycles. The zero-order valence-corrected chi connectivity index (χ0v) is 11.6. The van der Waals surface area contributed by atoms with Crippen LogP contribution in [-0.4, -0.2) is 10.1 Å². The molecule has 3 aromatic heterocycles. The minimum atomic E-state index is 0.418. The van der Waals surface area contributed by atoms with Crippen LogP contribution in [0.3, 0.4) is 0 Å². The van der Waals surface area contributed by atoms with Crippen molar-refractivity contribution < 1.29 is 4.52 Å². The second-order valence-electron chi connectivity index (χ2n) is 4.93. The van der Waals surface area contributed by atoms with E-state index in [1.807, 2.05) is 12.1 Å². The van der Waals surface area contributed by atoms with Crippen LogP contribution in [0.4, 0.5) is 5.82 Å². The predicted molar refractivity (Wildman–Crippen MR) is 79.5 cm³/mol. The highest BCUT2D eigenvalue weighted by Gasteiger charge is 2.22. The lowest BCUT2D eigenvalue weighted by Crippen LogP contribution is -1.88. The fraction of sp³-hybridized carbons (Fsp3) is 0.200. The summed E-state index contributed by atoms with van der Waals surface area (Å²) in [6, 6.07) is 6.08. The normalized spacial score (nSPS) is 13.6. The van der Waals surface area contributed by atoms with Crippen molar-refractivity contribution in [3.8, 4) is 21.8 Å². The number of nitrogens with zero attached hydrogens (tertiary/aromatic N) is 2. The standard InChI is InChI=1S/C15H13N3OS/c16-15-13(10-4-2-6-17-8-10)14(19-18-15)12-7-9-3-1-5-11(9)20-12/h2,4,6-8H,1,3,5H2,(H2,16,18). The minimum absolute atomic E-state index is 0.418. The van der Waals surface area contributed by atoms with Crippen LogP contribution >= 0.6 is 11.3 Å². The molecule has 1 aliphatic carbocycles. The van der Waals surface area contributed by atoms with E-state index in [4.69, 9.17) is 10.3 Å². The Balaban J connectivity index is 1.87. The van der Waals surface area contributed by atoms with Crippen LogP contribution in [0, 0.1) is 0 Å². The molecule has 0 aromatic carbocycles. The zero-order valence-electron chi connectivity index (χ0n) is 10.8. The molecule has 0 spiro atoms. The van der Waals surface area contributed by atoms with E-state index in [2.05, 4.69) is 16.2 Å². The third-order valence-electron chi connectivity index (χ3n) is 3.64. The number of thiophene rings is 1. The molecule has 0 radical (unpaired) electrons. The van der Waals surface area contributed by atoms with Crippen molar-refractivity contribution in [1.82, 2.24) is 10.1 Å². The van der Waals surface area contributed by atoms with Gasteiger partial charge in [0.05, 0.1) is 10.4 Å². The molecule has 0 saturated carbocycles. The Bertz CT molecular complexity index is 739. The number of hydrogen-bond donors (Lipinski definition) is 1. The average molecular weight is 283 g/mol. The topological polar surface area (TPSA) is 64.9 Å². The fourth-order valence-electron chi connectivity index (χ4n) is 2.70. The lowest BCUT2D eigenvalue weighted by Gasteiger charge is -2.00. The number of aryl methyl sites for hydroxylation is 2. The molecule has 20 heavy (non-hydrogen) atoms. The van der Waals surface area contributed by atoms with E-state index < -0.39 is 0 Å². The van der Waals surface area contributed by atoms with E-state index in [0.29, 0.717) is 5.82 Å². The second kappa shape index (κ2) is 4.45. The molecule has 0 fully saturated rings. The van der Waals surface area contributed by atoms with Gasteiger partial charge in [-0.3, -0.25) is 4.98 Å². The number of aromatic nitrogens is 2. The Morgan fingerprint density at radius 1 is 1.30 bits per heavy atom. The first-order chi connectivity index (χ1) is 9.83. The summed E-state index contributed by atoms with van der Waals surface area (Å²) in [4.78, 5) is 6.72. The molecule has 3 aromatic rings. The van der Waals surface area contributed by atoms with Gasteiger partial charge < -0.3 is 10.3 Å². The highest BCUT2D eigenvalue weighted by molar-refractivity contribution is 7.15. The molecule has 0 unspecified atom stereocenters. The van der Waals surface area contributed by atoms with Gasteiger partial charge in [0.1, 0.15) is 0 Å². The molecule has 3 heterocycles. The van der Waals surface area contributed by atoms with Gasteiger partial charge in [0.2, 0.25) is 0 Å². The van der Waals surface area contributed by atoms with E-state index in [0.717, 1.165) is 28.2 Å². The lowest BCUT2D eigenvalue weighted by atomic mass is 10.1. The number of fused-ring (bicyclic) bond motifs is 1. The maximum absolute atomic E-state index is 5.97. The number of pyridine rings is 1. The zero-order chi connectivity index (χ0) is 13.5. The molecular formula is C15H13N3OS. The van der Waals surface area contributed by atoms with Crippen molar-refractivity contribution in [3.63, 3.8) is 0 Å². The first-order valence-corrected chi connectivity index (χ1v) is 7.42. The monoisotopic (exact) mass is 283 g/mol. The van der Waals surface area contributed by atoms with Gasteiger partial charge in [-0.15, -0.1) is 11.3 Å². The third kappa shape index (κ3) is 1.74. The predicted octanol–water partition coefficient (Wildman–Crippen LogP) is 3.54. The number of nitrogen functional groups attached to an aromatic ring is 1. The molecule has 0 bridgehead atoms. The fourth-order valence-corrected chi connectivity index (χ4v) is 3.94. The van der Waals surface area contributed by atoms with E-state index in [9.17, 15) is 0 Å². The van der Waals surface area contributed by atoms with Gasteiger partial charge in [-0.1, -0.05) is 11.2 Å². The molecule has 0 amide bonds. The first-order valence-electron chi connectivity index (χ1n) is 6.60. The van der Waals surface area contributed by atoms with Crippen LogP contribution in [0.25, 0.3) is 21.8 Å². The maximum atomic E-state index is 5.97. The molecule has 2 N–H and O–H groups in total. The van der Waals surface area contributed by atoms with E-state index in [-0.39, 0.29) is 0 Å². The first kappa shape index (κ1) is 11.7. The van der Waals surface area contributed by atoms with Gasteiger partial charge in [0.25, 0.3) is 0 Å². The lowest BCUT2D eigenvalue weighted by molar-refractivity contribution is 0.437. The van der Waals surface area contributed by atoms with Gasteiger partial charge >= 0.3 is 0 Å². The number of hydrogen-bond acceptors (Lipinski definition) is 5. The van der Waals surface area contributed by atoms with E-state index in [1.54, 1.807) is 23.7 Å². The average Bonchev–Trinajstić information content (AvgIpc) is 3.12. The Labute approximate surface area is 120 Å². The Morgan fingerprint density at radius 2 is 2.25 bits per heavy atom. The van der Waals surface area contributed by atoms with Crippen molar-refractivity contribution in [3.05, 3.63) is 41.0 Å². The van der Waals surface area contributed by atoms with Crippen molar-refractivity contribution in [2.24, 2.45) is 0 Å². The SMILES string of the molecule is Nc1noc(-c2cc3c(s2)CCC3)c1-c1cccnc1. The van der Waals surface area contributed by atoms with Crippen LogP contribution in [-0.2, 0) is 12.8 Å². The summed E-state index contributed by atoms with van der Waals surface area (Å²) < 4.78 is 5.48. The van der Waals surface area contributed by atoms with Gasteiger partial charge in [0.15, 0.2) is 11.6 Å². The van der Waals surface area contributed by atoms with Gasteiger partial charge in [0, 0.05) is 22.8 Å². The summed E-state index contributed by atoms with van der Waals surface area (Å²) in [5.74, 6) is 1.18. The van der Waals surface area contributed by atoms with Gasteiger partial charge in [-0.2, -0.15) is 0 Å². The second-order valence-corrected chi connectivity index (χ2v) is 6.06. The molecule has 4 rings (SSSR count). The molecular weight excluding hydrogens is 270 g/mol.